The molecule has 0 aliphatic carbocycles. The molecule has 0 atom stereocenters. The highest BCUT2D eigenvalue weighted by atomic mass is 79.9. The molecule has 0 bridgehead atoms. The van der Waals surface area contributed by atoms with Crippen molar-refractivity contribution < 1.29 is 14.3 Å². The molecule has 0 amide bonds. The summed E-state index contributed by atoms with van der Waals surface area (Å²) in [5, 5.41) is 0. The van der Waals surface area contributed by atoms with Crippen LogP contribution < -0.4 is 4.74 Å². The average Bonchev–Trinajstić information content (AvgIpc) is 2.32. The number of hydrogen-bond acceptors (Lipinski definition) is 3. The van der Waals surface area contributed by atoms with Crippen molar-refractivity contribution in [2.24, 2.45) is 5.41 Å². The highest BCUT2D eigenvalue weighted by Crippen LogP contribution is 2.27. The molecule has 0 radical (unpaired) electrons. The Balaban J connectivity index is 2.78. The summed E-state index contributed by atoms with van der Waals surface area (Å²) >= 11 is 3.51. The zero-order valence-corrected chi connectivity index (χ0v) is 13.1. The molecule has 0 N–H and O–H groups in total. The number of hydrogen-bond donors (Lipinski definition) is 0. The third kappa shape index (κ3) is 3.48. The Labute approximate surface area is 117 Å². The van der Waals surface area contributed by atoms with Gasteiger partial charge in [-0.05, 0) is 51.0 Å². The number of carbonyl (C=O) groups excluding carboxylic acids is 1. The summed E-state index contributed by atoms with van der Waals surface area (Å²) in [7, 11) is 1.39. The van der Waals surface area contributed by atoms with Crippen molar-refractivity contribution in [3.8, 4) is 5.75 Å². The van der Waals surface area contributed by atoms with Gasteiger partial charge in [0.15, 0.2) is 0 Å². The van der Waals surface area contributed by atoms with Crippen LogP contribution in [0.5, 0.6) is 5.75 Å². The second kappa shape index (κ2) is 5.74. The third-order valence-electron chi connectivity index (χ3n) is 2.75. The van der Waals surface area contributed by atoms with Gasteiger partial charge in [-0.2, -0.15) is 0 Å². The van der Waals surface area contributed by atoms with Crippen LogP contribution in [0.1, 0.15) is 25.0 Å². The van der Waals surface area contributed by atoms with Crippen LogP contribution in [0.2, 0.25) is 0 Å². The minimum Gasteiger partial charge on any atom is -0.492 e. The molecule has 0 saturated heterocycles. The van der Waals surface area contributed by atoms with Crippen molar-refractivity contribution >= 4 is 21.9 Å². The maximum atomic E-state index is 11.5. The molecule has 1 rings (SSSR count). The average molecular weight is 315 g/mol. The first-order valence-electron chi connectivity index (χ1n) is 5.76. The molecule has 0 fully saturated rings. The van der Waals surface area contributed by atoms with Gasteiger partial charge in [0.05, 0.1) is 12.5 Å². The Kier molecular flexibility index (Phi) is 4.79. The summed E-state index contributed by atoms with van der Waals surface area (Å²) in [5.41, 5.74) is 1.57. The fraction of sp³-hybridized carbons (Fsp3) is 0.500. The van der Waals surface area contributed by atoms with Crippen molar-refractivity contribution in [2.45, 2.75) is 27.7 Å². The third-order valence-corrected chi connectivity index (χ3v) is 4.00. The molecular weight excluding hydrogens is 296 g/mol. The molecule has 3 nitrogen and oxygen atoms in total. The van der Waals surface area contributed by atoms with E-state index in [1.54, 1.807) is 13.8 Å². The molecule has 1 aromatic rings. The van der Waals surface area contributed by atoms with Crippen LogP contribution in [0.4, 0.5) is 0 Å². The van der Waals surface area contributed by atoms with Crippen LogP contribution in [-0.4, -0.2) is 19.7 Å². The van der Waals surface area contributed by atoms with Crippen molar-refractivity contribution in [2.75, 3.05) is 13.7 Å². The Hall–Kier alpha value is -1.03. The monoisotopic (exact) mass is 314 g/mol. The van der Waals surface area contributed by atoms with Gasteiger partial charge in [-0.25, -0.2) is 0 Å². The van der Waals surface area contributed by atoms with E-state index in [1.807, 2.05) is 26.0 Å². The Bertz CT molecular complexity index is 429. The van der Waals surface area contributed by atoms with Gasteiger partial charge < -0.3 is 9.47 Å². The van der Waals surface area contributed by atoms with Gasteiger partial charge in [0.25, 0.3) is 0 Å². The van der Waals surface area contributed by atoms with Crippen molar-refractivity contribution in [1.82, 2.24) is 0 Å². The number of esters is 1. The zero-order chi connectivity index (χ0) is 13.9. The van der Waals surface area contributed by atoms with E-state index in [0.29, 0.717) is 6.61 Å². The normalized spacial score (nSPS) is 11.2. The van der Waals surface area contributed by atoms with E-state index in [2.05, 4.69) is 15.9 Å². The lowest BCUT2D eigenvalue weighted by atomic mass is 9.95. The van der Waals surface area contributed by atoms with Crippen LogP contribution in [0.25, 0.3) is 0 Å². The molecule has 0 heterocycles. The number of rotatable bonds is 4. The first-order valence-corrected chi connectivity index (χ1v) is 6.55. The van der Waals surface area contributed by atoms with Crippen LogP contribution in [-0.2, 0) is 9.53 Å². The maximum absolute atomic E-state index is 11.5. The number of benzene rings is 1. The minimum absolute atomic E-state index is 0.270. The van der Waals surface area contributed by atoms with Gasteiger partial charge in [0, 0.05) is 4.47 Å². The van der Waals surface area contributed by atoms with Gasteiger partial charge >= 0.3 is 5.97 Å². The molecule has 0 saturated carbocycles. The summed E-state index contributed by atoms with van der Waals surface area (Å²) in [5.74, 6) is 0.498. The summed E-state index contributed by atoms with van der Waals surface area (Å²) in [6.45, 7) is 7.92. The summed E-state index contributed by atoms with van der Waals surface area (Å²) < 4.78 is 11.5. The van der Waals surface area contributed by atoms with E-state index >= 15 is 0 Å². The number of methoxy groups -OCH3 is 1. The number of ether oxygens (including phenoxy) is 2. The largest absolute Gasteiger partial charge is 0.492 e. The molecule has 0 aromatic heterocycles. The van der Waals surface area contributed by atoms with E-state index in [1.165, 1.54) is 7.11 Å². The lowest BCUT2D eigenvalue weighted by Crippen LogP contribution is -2.32. The highest BCUT2D eigenvalue weighted by Gasteiger charge is 2.29. The predicted octanol–water partition coefficient (Wildman–Crippen LogP) is 3.64. The Morgan fingerprint density at radius 3 is 2.22 bits per heavy atom. The fourth-order valence-electron chi connectivity index (χ4n) is 1.59. The van der Waals surface area contributed by atoms with E-state index in [0.717, 1.165) is 21.3 Å². The van der Waals surface area contributed by atoms with E-state index in [-0.39, 0.29) is 5.97 Å². The lowest BCUT2D eigenvalue weighted by molar-refractivity contribution is -0.152. The minimum atomic E-state index is -0.649. The van der Waals surface area contributed by atoms with Gasteiger partial charge in [0.2, 0.25) is 0 Å². The molecule has 0 aliphatic heterocycles. The Morgan fingerprint density at radius 1 is 1.28 bits per heavy atom. The van der Waals surface area contributed by atoms with Crippen molar-refractivity contribution in [3.63, 3.8) is 0 Å². The van der Waals surface area contributed by atoms with Gasteiger partial charge in [-0.3, -0.25) is 4.79 Å². The van der Waals surface area contributed by atoms with Crippen LogP contribution in [0, 0.1) is 19.3 Å². The smallest absolute Gasteiger partial charge is 0.314 e. The summed E-state index contributed by atoms with van der Waals surface area (Å²) in [4.78, 5) is 11.5. The zero-order valence-electron chi connectivity index (χ0n) is 11.5. The molecule has 0 spiro atoms. The van der Waals surface area contributed by atoms with Gasteiger partial charge in [-0.1, -0.05) is 15.9 Å². The molecule has 0 unspecified atom stereocenters. The van der Waals surface area contributed by atoms with Crippen molar-refractivity contribution in [1.29, 1.82) is 0 Å². The van der Waals surface area contributed by atoms with Crippen LogP contribution in [0.15, 0.2) is 16.6 Å². The maximum Gasteiger partial charge on any atom is 0.314 e. The quantitative estimate of drug-likeness (QED) is 0.796. The molecule has 18 heavy (non-hydrogen) atoms. The van der Waals surface area contributed by atoms with E-state index in [4.69, 9.17) is 9.47 Å². The lowest BCUT2D eigenvalue weighted by Gasteiger charge is -2.22. The topological polar surface area (TPSA) is 35.5 Å². The number of carbonyl (C=O) groups is 1. The SMILES string of the molecule is COC(=O)C(C)(C)COc1cc(C)c(Br)c(C)c1. The summed E-state index contributed by atoms with van der Waals surface area (Å²) in [6, 6.07) is 3.90. The number of halogens is 1. The first-order chi connectivity index (χ1) is 8.27. The molecule has 1 aromatic carbocycles. The standard InChI is InChI=1S/C14H19BrO3/c1-9-6-11(7-10(2)12(9)15)18-8-14(3,4)13(16)17-5/h6-7H,8H2,1-5H3. The predicted molar refractivity (Wildman–Crippen MR) is 74.9 cm³/mol. The molecule has 100 valence electrons. The second-order valence-electron chi connectivity index (χ2n) is 5.04. The van der Waals surface area contributed by atoms with E-state index in [9.17, 15) is 4.79 Å². The van der Waals surface area contributed by atoms with Gasteiger partial charge in [-0.15, -0.1) is 0 Å². The van der Waals surface area contributed by atoms with Crippen LogP contribution in [0.3, 0.4) is 0 Å². The fourth-order valence-corrected chi connectivity index (χ4v) is 1.82. The second-order valence-corrected chi connectivity index (χ2v) is 5.83. The molecule has 4 heteroatoms. The highest BCUT2D eigenvalue weighted by molar-refractivity contribution is 9.10. The van der Waals surface area contributed by atoms with Crippen LogP contribution >= 0.6 is 15.9 Å². The Morgan fingerprint density at radius 2 is 1.78 bits per heavy atom. The van der Waals surface area contributed by atoms with Crippen molar-refractivity contribution in [3.05, 3.63) is 27.7 Å². The summed E-state index contributed by atoms with van der Waals surface area (Å²) in [6.07, 6.45) is 0. The molecular formula is C14H19BrO3. The number of aryl methyl sites for hydroxylation is 2. The first kappa shape index (κ1) is 15.0. The van der Waals surface area contributed by atoms with E-state index < -0.39 is 5.41 Å². The molecule has 0 aliphatic rings. The van der Waals surface area contributed by atoms with Gasteiger partial charge in [0.1, 0.15) is 12.4 Å².